The van der Waals surface area contributed by atoms with E-state index in [-0.39, 0.29) is 18.0 Å². The molecule has 1 rings (SSSR count). The number of hydrogen-bond donors (Lipinski definition) is 0. The van der Waals surface area contributed by atoms with Crippen molar-refractivity contribution in [2.75, 3.05) is 19.1 Å². The maximum atomic E-state index is 11.8. The highest BCUT2D eigenvalue weighted by Crippen LogP contribution is 2.26. The molecule has 0 bridgehead atoms. The minimum Gasteiger partial charge on any atom is -0.496 e. The highest BCUT2D eigenvalue weighted by Gasteiger charge is 2.10. The Hall–Kier alpha value is -0.880. The molecule has 0 spiro atoms. The van der Waals surface area contributed by atoms with Crippen molar-refractivity contribution in [1.29, 1.82) is 0 Å². The third-order valence-electron chi connectivity index (χ3n) is 2.39. The van der Waals surface area contributed by atoms with Crippen molar-refractivity contribution in [3.05, 3.63) is 28.2 Å². The first-order valence-corrected chi connectivity index (χ1v) is 8.23. The average Bonchev–Trinajstić information content (AvgIpc) is 2.27. The zero-order valence-electron chi connectivity index (χ0n) is 10.3. The summed E-state index contributed by atoms with van der Waals surface area (Å²) in [4.78, 5) is 11.8. The van der Waals surface area contributed by atoms with Crippen LogP contribution < -0.4 is 4.74 Å². The van der Waals surface area contributed by atoms with Gasteiger partial charge in [-0.1, -0.05) is 0 Å². The first kappa shape index (κ1) is 15.2. The van der Waals surface area contributed by atoms with Gasteiger partial charge in [-0.15, -0.1) is 0 Å². The van der Waals surface area contributed by atoms with E-state index >= 15 is 0 Å². The zero-order valence-corrected chi connectivity index (χ0v) is 12.7. The summed E-state index contributed by atoms with van der Waals surface area (Å²) in [7, 11) is -1.45. The van der Waals surface area contributed by atoms with Crippen LogP contribution >= 0.6 is 15.9 Å². The number of carbonyl (C=O) groups is 1. The van der Waals surface area contributed by atoms with Crippen LogP contribution in [-0.4, -0.2) is 33.3 Å². The fourth-order valence-corrected chi connectivity index (χ4v) is 2.69. The SMILES string of the molecule is COc1ccc(C(=O)CCCS(C)(=O)=O)cc1Br. The Balaban J connectivity index is 2.65. The molecule has 6 heteroatoms. The molecule has 100 valence electrons. The second-order valence-electron chi connectivity index (χ2n) is 4.01. The highest BCUT2D eigenvalue weighted by molar-refractivity contribution is 9.10. The van der Waals surface area contributed by atoms with Gasteiger partial charge in [0.15, 0.2) is 5.78 Å². The number of rotatable bonds is 6. The molecule has 0 N–H and O–H groups in total. The molecule has 0 aromatic heterocycles. The summed E-state index contributed by atoms with van der Waals surface area (Å²) in [5.41, 5.74) is 0.552. The highest BCUT2D eigenvalue weighted by atomic mass is 79.9. The number of ketones is 1. The minimum atomic E-state index is -3.00. The summed E-state index contributed by atoms with van der Waals surface area (Å²) in [5, 5.41) is 0. The third kappa shape index (κ3) is 4.78. The monoisotopic (exact) mass is 334 g/mol. The fraction of sp³-hybridized carbons (Fsp3) is 0.417. The van der Waals surface area contributed by atoms with Gasteiger partial charge in [0, 0.05) is 18.2 Å². The van der Waals surface area contributed by atoms with Gasteiger partial charge in [0.2, 0.25) is 0 Å². The standard InChI is InChI=1S/C12H15BrO4S/c1-17-12-6-5-9(8-10(12)13)11(14)4-3-7-18(2,15)16/h5-6,8H,3-4,7H2,1-2H3. The molecule has 18 heavy (non-hydrogen) atoms. The van der Waals surface area contributed by atoms with Crippen LogP contribution in [0.15, 0.2) is 22.7 Å². The summed E-state index contributed by atoms with van der Waals surface area (Å²) in [6, 6.07) is 5.06. The molecule has 0 aliphatic rings. The van der Waals surface area contributed by atoms with Gasteiger partial charge in [-0.3, -0.25) is 4.79 Å². The third-order valence-corrected chi connectivity index (χ3v) is 4.04. The molecular weight excluding hydrogens is 320 g/mol. The maximum Gasteiger partial charge on any atom is 0.162 e. The van der Waals surface area contributed by atoms with Crippen molar-refractivity contribution in [1.82, 2.24) is 0 Å². The van der Waals surface area contributed by atoms with Crippen molar-refractivity contribution in [2.24, 2.45) is 0 Å². The molecule has 0 saturated carbocycles. The lowest BCUT2D eigenvalue weighted by Crippen LogP contribution is -2.06. The first-order valence-electron chi connectivity index (χ1n) is 5.38. The number of Topliss-reactive ketones (excluding diaryl/α,β-unsaturated/α-hetero) is 1. The van der Waals surface area contributed by atoms with E-state index in [4.69, 9.17) is 4.74 Å². The van der Waals surface area contributed by atoms with Gasteiger partial charge >= 0.3 is 0 Å². The molecule has 0 fully saturated rings. The van der Waals surface area contributed by atoms with Gasteiger partial charge in [-0.2, -0.15) is 0 Å². The van der Waals surface area contributed by atoms with Crippen LogP contribution in [0.25, 0.3) is 0 Å². The quantitative estimate of drug-likeness (QED) is 0.750. The van der Waals surface area contributed by atoms with Gasteiger partial charge in [0.25, 0.3) is 0 Å². The summed E-state index contributed by atoms with van der Waals surface area (Å²) >= 11 is 3.30. The smallest absolute Gasteiger partial charge is 0.162 e. The topological polar surface area (TPSA) is 60.4 Å². The van der Waals surface area contributed by atoms with Crippen LogP contribution in [0.5, 0.6) is 5.75 Å². The van der Waals surface area contributed by atoms with E-state index in [1.165, 1.54) is 6.26 Å². The first-order chi connectivity index (χ1) is 8.33. The van der Waals surface area contributed by atoms with Gasteiger partial charge in [0.1, 0.15) is 15.6 Å². The molecule has 0 heterocycles. The van der Waals surface area contributed by atoms with Crippen molar-refractivity contribution in [3.63, 3.8) is 0 Å². The Morgan fingerprint density at radius 2 is 2.06 bits per heavy atom. The van der Waals surface area contributed by atoms with Crippen molar-refractivity contribution in [2.45, 2.75) is 12.8 Å². The second kappa shape index (κ2) is 6.33. The summed E-state index contributed by atoms with van der Waals surface area (Å²) in [6.07, 6.45) is 1.74. The molecule has 0 aliphatic carbocycles. The predicted octanol–water partition coefficient (Wildman–Crippen LogP) is 2.47. The molecule has 0 saturated heterocycles. The zero-order chi connectivity index (χ0) is 13.8. The van der Waals surface area contributed by atoms with E-state index in [2.05, 4.69) is 15.9 Å². The number of methoxy groups -OCH3 is 1. The largest absolute Gasteiger partial charge is 0.496 e. The van der Waals surface area contributed by atoms with E-state index in [9.17, 15) is 13.2 Å². The molecule has 1 aromatic rings. The molecule has 1 aromatic carbocycles. The lowest BCUT2D eigenvalue weighted by Gasteiger charge is -2.05. The minimum absolute atomic E-state index is 0.0378. The number of sulfone groups is 1. The average molecular weight is 335 g/mol. The van der Waals surface area contributed by atoms with Crippen LogP contribution in [0.3, 0.4) is 0 Å². The predicted molar refractivity (Wildman–Crippen MR) is 74.0 cm³/mol. The van der Waals surface area contributed by atoms with E-state index in [0.717, 1.165) is 0 Å². The summed E-state index contributed by atoms with van der Waals surface area (Å²) < 4.78 is 27.7. The van der Waals surface area contributed by atoms with E-state index in [1.807, 2.05) is 0 Å². The Kier molecular flexibility index (Phi) is 5.34. The maximum absolute atomic E-state index is 11.8. The van der Waals surface area contributed by atoms with Crippen molar-refractivity contribution in [3.8, 4) is 5.75 Å². The number of halogens is 1. The van der Waals surface area contributed by atoms with Crippen molar-refractivity contribution < 1.29 is 17.9 Å². The van der Waals surface area contributed by atoms with Crippen LogP contribution in [-0.2, 0) is 9.84 Å². The number of ether oxygens (including phenoxy) is 1. The lowest BCUT2D eigenvalue weighted by atomic mass is 10.1. The molecule has 0 aliphatic heterocycles. The van der Waals surface area contributed by atoms with Gasteiger partial charge in [-0.05, 0) is 40.5 Å². The van der Waals surface area contributed by atoms with E-state index in [0.29, 0.717) is 22.2 Å². The Morgan fingerprint density at radius 1 is 1.39 bits per heavy atom. The van der Waals surface area contributed by atoms with Crippen molar-refractivity contribution >= 4 is 31.6 Å². The second-order valence-corrected chi connectivity index (χ2v) is 7.12. The van der Waals surface area contributed by atoms with Gasteiger partial charge < -0.3 is 4.74 Å². The summed E-state index contributed by atoms with van der Waals surface area (Å²) in [5.74, 6) is 0.625. The molecule has 4 nitrogen and oxygen atoms in total. The van der Waals surface area contributed by atoms with Gasteiger partial charge in [0.05, 0.1) is 17.3 Å². The molecule has 0 atom stereocenters. The normalized spacial score (nSPS) is 11.3. The molecular formula is C12H15BrO4S. The van der Waals surface area contributed by atoms with Crippen LogP contribution in [0.2, 0.25) is 0 Å². The Bertz CT molecular complexity index is 537. The lowest BCUT2D eigenvalue weighted by molar-refractivity contribution is 0.0982. The Morgan fingerprint density at radius 3 is 2.56 bits per heavy atom. The summed E-state index contributed by atoms with van der Waals surface area (Å²) in [6.45, 7) is 0. The Labute approximate surface area is 115 Å². The number of benzene rings is 1. The number of hydrogen-bond acceptors (Lipinski definition) is 4. The van der Waals surface area contributed by atoms with Crippen LogP contribution in [0.1, 0.15) is 23.2 Å². The molecule has 0 radical (unpaired) electrons. The number of carbonyl (C=O) groups excluding carboxylic acids is 1. The van der Waals surface area contributed by atoms with E-state index in [1.54, 1.807) is 25.3 Å². The fourth-order valence-electron chi connectivity index (χ4n) is 1.48. The molecule has 0 unspecified atom stereocenters. The van der Waals surface area contributed by atoms with Crippen LogP contribution in [0.4, 0.5) is 0 Å². The molecule has 0 amide bonds. The van der Waals surface area contributed by atoms with Crippen LogP contribution in [0, 0.1) is 0 Å². The van der Waals surface area contributed by atoms with E-state index < -0.39 is 9.84 Å². The van der Waals surface area contributed by atoms with Gasteiger partial charge in [-0.25, -0.2) is 8.42 Å².